The zero-order valence-corrected chi connectivity index (χ0v) is 19.9. The van der Waals surface area contributed by atoms with Crippen molar-refractivity contribution in [3.63, 3.8) is 0 Å². The number of aromatic nitrogens is 2. The van der Waals surface area contributed by atoms with E-state index in [9.17, 15) is 14.0 Å². The van der Waals surface area contributed by atoms with E-state index in [-0.39, 0.29) is 23.7 Å². The number of benzene rings is 2. The van der Waals surface area contributed by atoms with E-state index >= 15 is 0 Å². The van der Waals surface area contributed by atoms with E-state index in [1.165, 1.54) is 23.5 Å². The number of pyridine rings is 1. The molecule has 0 bridgehead atoms. The zero-order valence-electron chi connectivity index (χ0n) is 19.1. The number of carbonyl (C=O) groups excluding carboxylic acids is 2. The lowest BCUT2D eigenvalue weighted by Gasteiger charge is -2.27. The van der Waals surface area contributed by atoms with Gasteiger partial charge in [-0.05, 0) is 60.4 Å². The molecule has 3 atom stereocenters. The fourth-order valence-electron chi connectivity index (χ4n) is 5.21. The Bertz CT molecular complexity index is 1460. The predicted molar refractivity (Wildman–Crippen MR) is 133 cm³/mol. The summed E-state index contributed by atoms with van der Waals surface area (Å²) in [7, 11) is 0. The minimum atomic E-state index is -0.348. The first kappa shape index (κ1) is 21.9. The Morgan fingerprint density at radius 2 is 2.06 bits per heavy atom. The Morgan fingerprint density at radius 3 is 2.91 bits per heavy atom. The van der Waals surface area contributed by atoms with E-state index in [1.54, 1.807) is 30.6 Å². The number of likely N-dealkylation sites (tertiary alicyclic amines) is 1. The van der Waals surface area contributed by atoms with Crippen molar-refractivity contribution in [2.75, 3.05) is 13.1 Å². The second-order valence-electron chi connectivity index (χ2n) is 9.22. The SMILES string of the molecule is Cc1nc(C(=O)N2C[C@H]3C[C@H]3[C@H]2CNC(=O)c2cccc3cnccc23)c(-c2cccc(F)c2)s1. The molecule has 3 heterocycles. The first-order valence-electron chi connectivity index (χ1n) is 11.6. The van der Waals surface area contributed by atoms with Gasteiger partial charge in [0.05, 0.1) is 15.9 Å². The van der Waals surface area contributed by atoms with Crippen LogP contribution in [-0.4, -0.2) is 45.8 Å². The van der Waals surface area contributed by atoms with Crippen LogP contribution in [0.1, 0.15) is 32.3 Å². The van der Waals surface area contributed by atoms with Crippen LogP contribution in [0.25, 0.3) is 21.2 Å². The van der Waals surface area contributed by atoms with Gasteiger partial charge in [-0.25, -0.2) is 9.37 Å². The fourth-order valence-corrected chi connectivity index (χ4v) is 6.12. The van der Waals surface area contributed by atoms with Gasteiger partial charge in [-0.1, -0.05) is 24.3 Å². The third kappa shape index (κ3) is 3.97. The van der Waals surface area contributed by atoms with Crippen molar-refractivity contribution in [3.05, 3.63) is 83.0 Å². The van der Waals surface area contributed by atoms with E-state index in [4.69, 9.17) is 0 Å². The Morgan fingerprint density at radius 1 is 1.20 bits per heavy atom. The summed E-state index contributed by atoms with van der Waals surface area (Å²) in [5, 5.41) is 5.58. The van der Waals surface area contributed by atoms with Gasteiger partial charge in [0.1, 0.15) is 11.5 Å². The number of hydrogen-bond donors (Lipinski definition) is 1. The molecule has 176 valence electrons. The van der Waals surface area contributed by atoms with E-state index in [0.29, 0.717) is 46.6 Å². The molecule has 0 unspecified atom stereocenters. The van der Waals surface area contributed by atoms with Gasteiger partial charge in [0, 0.05) is 36.4 Å². The first-order valence-corrected chi connectivity index (χ1v) is 12.5. The van der Waals surface area contributed by atoms with E-state index in [1.807, 2.05) is 30.0 Å². The molecule has 8 heteroatoms. The van der Waals surface area contributed by atoms with Gasteiger partial charge < -0.3 is 10.2 Å². The standard InChI is InChI=1S/C27H23FN4O2S/c1-15-31-24(25(35-15)16-4-2-6-19(28)10-16)27(34)32-14-18-11-22(18)23(32)13-30-26(33)21-7-3-5-17-12-29-9-8-20(17)21/h2-10,12,18,22-23H,11,13-14H2,1H3,(H,30,33)/t18-,22-,23-/m1/s1. The quantitative estimate of drug-likeness (QED) is 0.444. The number of fused-ring (bicyclic) bond motifs is 2. The van der Waals surface area contributed by atoms with Crippen LogP contribution in [0.2, 0.25) is 0 Å². The van der Waals surface area contributed by atoms with Gasteiger partial charge in [-0.2, -0.15) is 0 Å². The largest absolute Gasteiger partial charge is 0.350 e. The van der Waals surface area contributed by atoms with Crippen molar-refractivity contribution in [1.82, 2.24) is 20.2 Å². The monoisotopic (exact) mass is 486 g/mol. The molecule has 2 aliphatic rings. The molecule has 4 aromatic rings. The molecule has 2 aromatic carbocycles. The average molecular weight is 487 g/mol. The van der Waals surface area contributed by atoms with Gasteiger partial charge in [0.2, 0.25) is 0 Å². The van der Waals surface area contributed by atoms with Gasteiger partial charge >= 0.3 is 0 Å². The number of halogens is 1. The van der Waals surface area contributed by atoms with Crippen LogP contribution < -0.4 is 5.32 Å². The minimum Gasteiger partial charge on any atom is -0.350 e. The third-order valence-corrected chi connectivity index (χ3v) is 8.00. The molecule has 2 fully saturated rings. The smallest absolute Gasteiger partial charge is 0.274 e. The molecule has 1 aliphatic heterocycles. The number of hydrogen-bond acceptors (Lipinski definition) is 5. The Balaban J connectivity index is 1.23. The molecule has 1 aliphatic carbocycles. The normalized spacial score (nSPS) is 20.6. The third-order valence-electron chi connectivity index (χ3n) is 6.98. The van der Waals surface area contributed by atoms with E-state index in [0.717, 1.165) is 22.2 Å². The van der Waals surface area contributed by atoms with Crippen molar-refractivity contribution in [2.24, 2.45) is 11.8 Å². The van der Waals surface area contributed by atoms with Crippen molar-refractivity contribution < 1.29 is 14.0 Å². The molecule has 1 saturated heterocycles. The summed E-state index contributed by atoms with van der Waals surface area (Å²) in [5.41, 5.74) is 1.60. The van der Waals surface area contributed by atoms with Crippen LogP contribution in [0, 0.1) is 24.6 Å². The van der Waals surface area contributed by atoms with Crippen LogP contribution in [0.5, 0.6) is 0 Å². The van der Waals surface area contributed by atoms with E-state index < -0.39 is 0 Å². The molecule has 1 N–H and O–H groups in total. The zero-order chi connectivity index (χ0) is 24.1. The minimum absolute atomic E-state index is 0.0875. The maximum atomic E-state index is 13.9. The Labute approximate surface area is 205 Å². The second kappa shape index (κ2) is 8.53. The number of nitrogens with one attached hydrogen (secondary N) is 1. The molecule has 0 radical (unpaired) electrons. The topological polar surface area (TPSA) is 75.2 Å². The van der Waals surface area contributed by atoms with Crippen LogP contribution in [0.15, 0.2) is 60.9 Å². The summed E-state index contributed by atoms with van der Waals surface area (Å²) >= 11 is 1.39. The molecule has 6 nitrogen and oxygen atoms in total. The maximum absolute atomic E-state index is 13.9. The summed E-state index contributed by atoms with van der Waals surface area (Å²) in [6, 6.07) is 13.6. The second-order valence-corrected chi connectivity index (χ2v) is 10.4. The van der Waals surface area contributed by atoms with Crippen LogP contribution in [0.4, 0.5) is 4.39 Å². The van der Waals surface area contributed by atoms with Crippen molar-refractivity contribution in [2.45, 2.75) is 19.4 Å². The van der Waals surface area contributed by atoms with Crippen molar-refractivity contribution >= 4 is 33.9 Å². The van der Waals surface area contributed by atoms with Crippen LogP contribution in [0.3, 0.4) is 0 Å². The van der Waals surface area contributed by atoms with Gasteiger partial charge in [0.25, 0.3) is 11.8 Å². The van der Waals surface area contributed by atoms with Crippen LogP contribution in [-0.2, 0) is 0 Å². The maximum Gasteiger partial charge on any atom is 0.274 e. The highest BCUT2D eigenvalue weighted by Crippen LogP contribution is 2.50. The molecule has 2 aromatic heterocycles. The summed E-state index contributed by atoms with van der Waals surface area (Å²) < 4.78 is 13.9. The lowest BCUT2D eigenvalue weighted by Crippen LogP contribution is -2.45. The summed E-state index contributed by atoms with van der Waals surface area (Å²) in [6.45, 7) is 2.89. The van der Waals surface area contributed by atoms with Gasteiger partial charge in [-0.15, -0.1) is 11.3 Å². The number of carbonyl (C=O) groups is 2. The van der Waals surface area contributed by atoms with Crippen LogP contribution >= 0.6 is 11.3 Å². The lowest BCUT2D eigenvalue weighted by atomic mass is 10.1. The number of thiazole rings is 1. The summed E-state index contributed by atoms with van der Waals surface area (Å²) in [6.07, 6.45) is 4.48. The van der Waals surface area contributed by atoms with Crippen molar-refractivity contribution in [3.8, 4) is 10.4 Å². The van der Waals surface area contributed by atoms with Gasteiger partial charge in [0.15, 0.2) is 0 Å². The molecule has 6 rings (SSSR count). The number of amides is 2. The highest BCUT2D eigenvalue weighted by Gasteiger charge is 2.54. The number of rotatable bonds is 5. The molecule has 35 heavy (non-hydrogen) atoms. The number of piperidine rings is 1. The summed E-state index contributed by atoms with van der Waals surface area (Å²) in [4.78, 5) is 37.9. The highest BCUT2D eigenvalue weighted by molar-refractivity contribution is 7.15. The van der Waals surface area contributed by atoms with Gasteiger partial charge in [-0.3, -0.25) is 14.6 Å². The first-order chi connectivity index (χ1) is 17.0. The molecular weight excluding hydrogens is 463 g/mol. The molecule has 1 saturated carbocycles. The lowest BCUT2D eigenvalue weighted by molar-refractivity contribution is 0.0690. The van der Waals surface area contributed by atoms with Crippen molar-refractivity contribution in [1.29, 1.82) is 0 Å². The predicted octanol–water partition coefficient (Wildman–Crippen LogP) is 4.70. The molecule has 2 amide bonds. The number of nitrogens with zero attached hydrogens (tertiary/aromatic N) is 3. The Kier molecular flexibility index (Phi) is 5.33. The Hall–Kier alpha value is -3.65. The van der Waals surface area contributed by atoms with E-state index in [2.05, 4.69) is 15.3 Å². The number of aryl methyl sites for hydroxylation is 1. The molecule has 0 spiro atoms. The summed E-state index contributed by atoms with van der Waals surface area (Å²) in [5.74, 6) is 0.175. The average Bonchev–Trinajstić information content (AvgIpc) is 3.38. The fraction of sp³-hybridized carbons (Fsp3) is 0.259. The highest BCUT2D eigenvalue weighted by atomic mass is 32.1. The molecular formula is C27H23FN4O2S.